The van der Waals surface area contributed by atoms with Crippen molar-refractivity contribution in [3.05, 3.63) is 35.4 Å². The number of hydrogen-bond acceptors (Lipinski definition) is 1. The van der Waals surface area contributed by atoms with Gasteiger partial charge < -0.3 is 10.2 Å². The van der Waals surface area contributed by atoms with Crippen LogP contribution in [0.25, 0.3) is 0 Å². The summed E-state index contributed by atoms with van der Waals surface area (Å²) in [4.78, 5) is 14.4. The van der Waals surface area contributed by atoms with Crippen molar-refractivity contribution < 1.29 is 4.79 Å². The standard InChI is InChI=1S/C18H26N2O/c1-13(2)14-7-5-6-8-15(14)17(3,4)19-16(21)20-11-18(12-20)9-10-18/h5-8,13H,9-12H2,1-4H3,(H,19,21). The van der Waals surface area contributed by atoms with Gasteiger partial charge in [-0.25, -0.2) is 4.79 Å². The van der Waals surface area contributed by atoms with Gasteiger partial charge in [-0.2, -0.15) is 0 Å². The molecule has 1 aromatic rings. The van der Waals surface area contributed by atoms with Crippen molar-refractivity contribution in [1.82, 2.24) is 10.2 Å². The van der Waals surface area contributed by atoms with Gasteiger partial charge in [0.2, 0.25) is 0 Å². The lowest BCUT2D eigenvalue weighted by atomic mass is 9.85. The van der Waals surface area contributed by atoms with Gasteiger partial charge >= 0.3 is 6.03 Å². The Labute approximate surface area is 127 Å². The highest BCUT2D eigenvalue weighted by molar-refractivity contribution is 5.76. The first kappa shape index (κ1) is 14.4. The van der Waals surface area contributed by atoms with Gasteiger partial charge in [0, 0.05) is 18.5 Å². The summed E-state index contributed by atoms with van der Waals surface area (Å²) in [5, 5.41) is 3.22. The van der Waals surface area contributed by atoms with E-state index in [0.717, 1.165) is 13.1 Å². The van der Waals surface area contributed by atoms with Crippen molar-refractivity contribution >= 4 is 6.03 Å². The van der Waals surface area contributed by atoms with E-state index in [-0.39, 0.29) is 11.6 Å². The van der Waals surface area contributed by atoms with E-state index < -0.39 is 0 Å². The van der Waals surface area contributed by atoms with E-state index in [1.54, 1.807) is 0 Å². The molecule has 1 aromatic carbocycles. The molecule has 0 aromatic heterocycles. The summed E-state index contributed by atoms with van der Waals surface area (Å²) in [6.07, 6.45) is 2.60. The molecule has 0 atom stereocenters. The fourth-order valence-electron chi connectivity index (χ4n) is 3.38. The summed E-state index contributed by atoms with van der Waals surface area (Å²) in [7, 11) is 0. The number of rotatable bonds is 3. The molecule has 1 aliphatic carbocycles. The predicted molar refractivity (Wildman–Crippen MR) is 85.3 cm³/mol. The maximum atomic E-state index is 12.4. The highest BCUT2D eigenvalue weighted by Crippen LogP contribution is 2.52. The van der Waals surface area contributed by atoms with E-state index in [0.29, 0.717) is 11.3 Å². The van der Waals surface area contributed by atoms with Crippen LogP contribution < -0.4 is 5.32 Å². The zero-order valence-corrected chi connectivity index (χ0v) is 13.6. The minimum atomic E-state index is -0.343. The summed E-state index contributed by atoms with van der Waals surface area (Å²) < 4.78 is 0. The molecule has 1 N–H and O–H groups in total. The second kappa shape index (κ2) is 4.75. The van der Waals surface area contributed by atoms with Crippen molar-refractivity contribution in [2.24, 2.45) is 5.41 Å². The topological polar surface area (TPSA) is 32.3 Å². The Morgan fingerprint density at radius 3 is 2.43 bits per heavy atom. The summed E-state index contributed by atoms with van der Waals surface area (Å²) in [6.45, 7) is 10.5. The van der Waals surface area contributed by atoms with Crippen LogP contribution in [0, 0.1) is 5.41 Å². The molecule has 1 saturated heterocycles. The van der Waals surface area contributed by atoms with E-state index in [1.807, 2.05) is 4.90 Å². The molecule has 3 heteroatoms. The Morgan fingerprint density at radius 2 is 1.86 bits per heavy atom. The van der Waals surface area contributed by atoms with Gasteiger partial charge in [-0.1, -0.05) is 38.1 Å². The molecule has 0 unspecified atom stereocenters. The van der Waals surface area contributed by atoms with Crippen LogP contribution in [0.3, 0.4) is 0 Å². The maximum Gasteiger partial charge on any atom is 0.318 e. The third kappa shape index (κ3) is 2.66. The Hall–Kier alpha value is -1.51. The van der Waals surface area contributed by atoms with Crippen molar-refractivity contribution in [2.45, 2.75) is 52.0 Å². The third-order valence-electron chi connectivity index (χ3n) is 4.97. The zero-order valence-electron chi connectivity index (χ0n) is 13.6. The fourth-order valence-corrected chi connectivity index (χ4v) is 3.38. The molecule has 2 fully saturated rings. The lowest BCUT2D eigenvalue weighted by molar-refractivity contribution is 0.100. The Balaban J connectivity index is 1.72. The zero-order chi connectivity index (χ0) is 15.3. The number of carbonyl (C=O) groups excluding carboxylic acids is 1. The van der Waals surface area contributed by atoms with E-state index in [1.165, 1.54) is 24.0 Å². The number of hydrogen-bond donors (Lipinski definition) is 1. The number of benzene rings is 1. The van der Waals surface area contributed by atoms with Gasteiger partial charge in [-0.05, 0) is 43.7 Å². The quantitative estimate of drug-likeness (QED) is 0.899. The van der Waals surface area contributed by atoms with E-state index in [9.17, 15) is 4.79 Å². The van der Waals surface area contributed by atoms with Crippen molar-refractivity contribution in [2.75, 3.05) is 13.1 Å². The second-order valence-corrected chi connectivity index (χ2v) is 7.65. The van der Waals surface area contributed by atoms with Gasteiger partial charge in [-0.3, -0.25) is 0 Å². The van der Waals surface area contributed by atoms with Crippen LogP contribution in [0.2, 0.25) is 0 Å². The summed E-state index contributed by atoms with van der Waals surface area (Å²) in [5.74, 6) is 0.455. The van der Waals surface area contributed by atoms with Crippen molar-refractivity contribution in [3.8, 4) is 0 Å². The van der Waals surface area contributed by atoms with Crippen molar-refractivity contribution in [1.29, 1.82) is 0 Å². The SMILES string of the molecule is CC(C)c1ccccc1C(C)(C)NC(=O)N1CC2(CC2)C1. The first-order valence-corrected chi connectivity index (χ1v) is 8.00. The lowest BCUT2D eigenvalue weighted by Crippen LogP contribution is -2.58. The summed E-state index contributed by atoms with van der Waals surface area (Å²) >= 11 is 0. The Bertz CT molecular complexity index is 550. The smallest absolute Gasteiger partial charge is 0.318 e. The summed E-state index contributed by atoms with van der Waals surface area (Å²) in [5.41, 5.74) is 2.70. The van der Waals surface area contributed by atoms with Crippen LogP contribution in [-0.4, -0.2) is 24.0 Å². The van der Waals surface area contributed by atoms with Crippen LogP contribution in [-0.2, 0) is 5.54 Å². The monoisotopic (exact) mass is 286 g/mol. The molecule has 0 radical (unpaired) electrons. The number of likely N-dealkylation sites (tertiary alicyclic amines) is 1. The predicted octanol–water partition coefficient (Wildman–Crippen LogP) is 3.85. The molecule has 1 spiro atoms. The molecule has 1 heterocycles. The number of carbonyl (C=O) groups is 1. The van der Waals surface area contributed by atoms with Crippen LogP contribution in [0.4, 0.5) is 4.79 Å². The highest BCUT2D eigenvalue weighted by atomic mass is 16.2. The van der Waals surface area contributed by atoms with Gasteiger partial charge in [0.15, 0.2) is 0 Å². The van der Waals surface area contributed by atoms with Gasteiger partial charge in [0.05, 0.1) is 5.54 Å². The first-order valence-electron chi connectivity index (χ1n) is 8.00. The third-order valence-corrected chi connectivity index (χ3v) is 4.97. The van der Waals surface area contributed by atoms with Gasteiger partial charge in [0.25, 0.3) is 0 Å². The number of nitrogens with one attached hydrogen (secondary N) is 1. The maximum absolute atomic E-state index is 12.4. The van der Waals surface area contributed by atoms with Gasteiger partial charge in [0.1, 0.15) is 0 Å². The minimum Gasteiger partial charge on any atom is -0.329 e. The van der Waals surface area contributed by atoms with Crippen molar-refractivity contribution in [3.63, 3.8) is 0 Å². The number of urea groups is 1. The van der Waals surface area contributed by atoms with Crippen LogP contribution in [0.1, 0.15) is 57.6 Å². The molecule has 3 rings (SSSR count). The highest BCUT2D eigenvalue weighted by Gasteiger charge is 2.54. The molecule has 21 heavy (non-hydrogen) atoms. The molecule has 3 nitrogen and oxygen atoms in total. The van der Waals surface area contributed by atoms with E-state index >= 15 is 0 Å². The van der Waals surface area contributed by atoms with Crippen LogP contribution in [0.15, 0.2) is 24.3 Å². The first-order chi connectivity index (χ1) is 9.83. The molecule has 114 valence electrons. The average molecular weight is 286 g/mol. The minimum absolute atomic E-state index is 0.0797. The van der Waals surface area contributed by atoms with Crippen LogP contribution >= 0.6 is 0 Å². The molecular weight excluding hydrogens is 260 g/mol. The second-order valence-electron chi connectivity index (χ2n) is 7.65. The number of nitrogens with zero attached hydrogens (tertiary/aromatic N) is 1. The Morgan fingerprint density at radius 1 is 1.24 bits per heavy atom. The normalized spacial score (nSPS) is 19.6. The molecule has 1 saturated carbocycles. The van der Waals surface area contributed by atoms with E-state index in [4.69, 9.17) is 0 Å². The molecule has 2 aliphatic rings. The van der Waals surface area contributed by atoms with Crippen LogP contribution in [0.5, 0.6) is 0 Å². The largest absolute Gasteiger partial charge is 0.329 e. The molecule has 2 amide bonds. The van der Waals surface area contributed by atoms with Gasteiger partial charge in [-0.15, -0.1) is 0 Å². The number of amides is 2. The van der Waals surface area contributed by atoms with E-state index in [2.05, 4.69) is 57.3 Å². The fraction of sp³-hybridized carbons (Fsp3) is 0.611. The Kier molecular flexibility index (Phi) is 3.27. The molecule has 1 aliphatic heterocycles. The molecular formula is C18H26N2O. The average Bonchev–Trinajstić information content (AvgIpc) is 3.16. The summed E-state index contributed by atoms with van der Waals surface area (Å²) in [6, 6.07) is 8.50. The molecule has 0 bridgehead atoms. The lowest BCUT2D eigenvalue weighted by Gasteiger charge is -2.42.